The van der Waals surface area contributed by atoms with Crippen LogP contribution in [-0.2, 0) is 18.4 Å². The van der Waals surface area contributed by atoms with E-state index in [0.717, 1.165) is 30.5 Å². The molecule has 1 heterocycles. The Morgan fingerprint density at radius 1 is 1.40 bits per heavy atom. The van der Waals surface area contributed by atoms with E-state index in [0.29, 0.717) is 5.69 Å². The number of carbonyl (C=O) groups is 1. The minimum absolute atomic E-state index is 0.266. The van der Waals surface area contributed by atoms with Crippen LogP contribution in [0.15, 0.2) is 0 Å². The quantitative estimate of drug-likeness (QED) is 0.766. The van der Waals surface area contributed by atoms with Crippen molar-refractivity contribution in [3.05, 3.63) is 17.0 Å². The van der Waals surface area contributed by atoms with Crippen LogP contribution in [0.25, 0.3) is 0 Å². The van der Waals surface area contributed by atoms with E-state index >= 15 is 0 Å². The van der Waals surface area contributed by atoms with Crippen molar-refractivity contribution in [1.29, 1.82) is 0 Å². The van der Waals surface area contributed by atoms with E-state index in [1.165, 1.54) is 0 Å². The van der Waals surface area contributed by atoms with Crippen LogP contribution in [-0.4, -0.2) is 20.9 Å². The maximum atomic E-state index is 11.2. The summed E-state index contributed by atoms with van der Waals surface area (Å²) in [6.07, 6.45) is 2.80. The van der Waals surface area contributed by atoms with Crippen molar-refractivity contribution < 1.29 is 9.90 Å². The van der Waals surface area contributed by atoms with Crippen molar-refractivity contribution in [3.63, 3.8) is 0 Å². The summed E-state index contributed by atoms with van der Waals surface area (Å²) < 4.78 is 1.65. The predicted molar refractivity (Wildman–Crippen MR) is 56.2 cm³/mol. The zero-order valence-corrected chi connectivity index (χ0v) is 9.37. The molecule has 0 saturated heterocycles. The average Bonchev–Trinajstić information content (AvgIpc) is 2.56. The Morgan fingerprint density at radius 2 is 2.07 bits per heavy atom. The van der Waals surface area contributed by atoms with E-state index in [1.54, 1.807) is 4.68 Å². The number of carboxylic acids is 1. The lowest BCUT2D eigenvalue weighted by Crippen LogP contribution is -2.27. The summed E-state index contributed by atoms with van der Waals surface area (Å²) in [5, 5.41) is 13.6. The molecule has 0 aromatic carbocycles. The molecular formula is C11H16N2O2. The van der Waals surface area contributed by atoms with Gasteiger partial charge in [0.15, 0.2) is 0 Å². The number of fused-ring (bicyclic) bond motifs is 1. The van der Waals surface area contributed by atoms with Crippen molar-refractivity contribution in [2.45, 2.75) is 45.6 Å². The minimum atomic E-state index is -0.861. The number of hydrogen-bond donors (Lipinski definition) is 1. The molecule has 0 saturated carbocycles. The zero-order valence-electron chi connectivity index (χ0n) is 9.37. The van der Waals surface area contributed by atoms with Crippen molar-refractivity contribution in [2.75, 3.05) is 0 Å². The fourth-order valence-electron chi connectivity index (χ4n) is 2.10. The molecule has 1 aromatic rings. The molecule has 1 aliphatic rings. The van der Waals surface area contributed by atoms with Gasteiger partial charge in [0.25, 0.3) is 0 Å². The molecule has 0 spiro atoms. The van der Waals surface area contributed by atoms with Crippen LogP contribution < -0.4 is 0 Å². The van der Waals surface area contributed by atoms with Crippen LogP contribution in [0.2, 0.25) is 0 Å². The van der Waals surface area contributed by atoms with Crippen LogP contribution in [0.5, 0.6) is 0 Å². The van der Waals surface area contributed by atoms with Gasteiger partial charge in [0.1, 0.15) is 5.69 Å². The highest BCUT2D eigenvalue weighted by molar-refractivity contribution is 5.88. The van der Waals surface area contributed by atoms with Crippen LogP contribution in [0.3, 0.4) is 0 Å². The molecule has 0 fully saturated rings. The van der Waals surface area contributed by atoms with Gasteiger partial charge >= 0.3 is 5.97 Å². The third-order valence-electron chi connectivity index (χ3n) is 2.75. The molecule has 4 nitrogen and oxygen atoms in total. The summed E-state index contributed by atoms with van der Waals surface area (Å²) in [4.78, 5) is 11.2. The highest BCUT2D eigenvalue weighted by atomic mass is 16.4. The third kappa shape index (κ3) is 1.54. The molecular weight excluding hydrogens is 192 g/mol. The summed E-state index contributed by atoms with van der Waals surface area (Å²) in [7, 11) is 0. The van der Waals surface area contributed by atoms with E-state index in [-0.39, 0.29) is 5.54 Å². The third-order valence-corrected chi connectivity index (χ3v) is 2.75. The number of rotatable bonds is 1. The predicted octanol–water partition coefficient (Wildman–Crippen LogP) is 1.82. The van der Waals surface area contributed by atoms with Gasteiger partial charge in [0, 0.05) is 5.56 Å². The molecule has 0 atom stereocenters. The van der Waals surface area contributed by atoms with Crippen molar-refractivity contribution in [3.8, 4) is 0 Å². The van der Waals surface area contributed by atoms with Gasteiger partial charge in [0.05, 0.1) is 11.2 Å². The Kier molecular flexibility index (Phi) is 2.10. The number of aromatic nitrogens is 2. The topological polar surface area (TPSA) is 55.1 Å². The van der Waals surface area contributed by atoms with E-state index in [1.807, 2.05) is 20.8 Å². The maximum absolute atomic E-state index is 11.2. The fraction of sp³-hybridized carbons (Fsp3) is 0.636. The van der Waals surface area contributed by atoms with Crippen LogP contribution in [0, 0.1) is 0 Å². The van der Waals surface area contributed by atoms with E-state index < -0.39 is 5.97 Å². The Hall–Kier alpha value is -1.32. The first-order chi connectivity index (χ1) is 6.91. The SMILES string of the molecule is CC(C)(C)n1nc2c(c1C(=O)O)CCC2. The molecule has 1 aromatic heterocycles. The molecule has 82 valence electrons. The highest BCUT2D eigenvalue weighted by Gasteiger charge is 2.30. The molecule has 0 radical (unpaired) electrons. The summed E-state index contributed by atoms with van der Waals surface area (Å²) in [5.74, 6) is -0.861. The summed E-state index contributed by atoms with van der Waals surface area (Å²) in [6, 6.07) is 0. The number of aryl methyl sites for hydroxylation is 1. The van der Waals surface area contributed by atoms with Gasteiger partial charge in [-0.1, -0.05) is 0 Å². The van der Waals surface area contributed by atoms with Gasteiger partial charge in [-0.3, -0.25) is 4.68 Å². The molecule has 0 bridgehead atoms. The van der Waals surface area contributed by atoms with Crippen molar-refractivity contribution in [2.24, 2.45) is 0 Å². The summed E-state index contributed by atoms with van der Waals surface area (Å²) in [6.45, 7) is 5.92. The first-order valence-corrected chi connectivity index (χ1v) is 5.26. The van der Waals surface area contributed by atoms with Gasteiger partial charge in [-0.25, -0.2) is 4.79 Å². The van der Waals surface area contributed by atoms with Gasteiger partial charge in [-0.2, -0.15) is 5.10 Å². The highest BCUT2D eigenvalue weighted by Crippen LogP contribution is 2.28. The van der Waals surface area contributed by atoms with Gasteiger partial charge in [-0.15, -0.1) is 0 Å². The molecule has 0 aliphatic heterocycles. The van der Waals surface area contributed by atoms with Crippen molar-refractivity contribution >= 4 is 5.97 Å². The Bertz CT molecular complexity index is 413. The number of aromatic carboxylic acids is 1. The zero-order chi connectivity index (χ0) is 11.2. The monoisotopic (exact) mass is 208 g/mol. The number of hydrogen-bond acceptors (Lipinski definition) is 2. The lowest BCUT2D eigenvalue weighted by Gasteiger charge is -2.21. The molecule has 0 unspecified atom stereocenters. The average molecular weight is 208 g/mol. The Morgan fingerprint density at radius 3 is 2.60 bits per heavy atom. The smallest absolute Gasteiger partial charge is 0.354 e. The first-order valence-electron chi connectivity index (χ1n) is 5.26. The van der Waals surface area contributed by atoms with E-state index in [4.69, 9.17) is 0 Å². The number of nitrogens with zero attached hydrogens (tertiary/aromatic N) is 2. The Balaban J connectivity index is 2.62. The summed E-state index contributed by atoms with van der Waals surface area (Å²) >= 11 is 0. The molecule has 15 heavy (non-hydrogen) atoms. The molecule has 2 rings (SSSR count). The summed E-state index contributed by atoms with van der Waals surface area (Å²) in [5.41, 5.74) is 2.03. The second-order valence-corrected chi connectivity index (χ2v) is 5.02. The maximum Gasteiger partial charge on any atom is 0.354 e. The second-order valence-electron chi connectivity index (χ2n) is 5.02. The largest absolute Gasteiger partial charge is 0.477 e. The van der Waals surface area contributed by atoms with Crippen LogP contribution in [0.4, 0.5) is 0 Å². The van der Waals surface area contributed by atoms with Gasteiger partial charge in [-0.05, 0) is 40.0 Å². The Labute approximate surface area is 88.9 Å². The van der Waals surface area contributed by atoms with Gasteiger partial charge in [0.2, 0.25) is 0 Å². The van der Waals surface area contributed by atoms with Crippen molar-refractivity contribution in [1.82, 2.24) is 9.78 Å². The van der Waals surface area contributed by atoms with E-state index in [9.17, 15) is 9.90 Å². The normalized spacial score (nSPS) is 15.4. The van der Waals surface area contributed by atoms with Crippen LogP contribution >= 0.6 is 0 Å². The van der Waals surface area contributed by atoms with Gasteiger partial charge < -0.3 is 5.11 Å². The lowest BCUT2D eigenvalue weighted by molar-refractivity contribution is 0.0673. The number of carboxylic acid groups (broad SMARTS) is 1. The lowest BCUT2D eigenvalue weighted by atomic mass is 10.1. The second kappa shape index (κ2) is 3.08. The van der Waals surface area contributed by atoms with Crippen LogP contribution in [0.1, 0.15) is 48.9 Å². The van der Waals surface area contributed by atoms with E-state index in [2.05, 4.69) is 5.10 Å². The minimum Gasteiger partial charge on any atom is -0.477 e. The first kappa shape index (κ1) is 10.2. The molecule has 1 N–H and O–H groups in total. The molecule has 4 heteroatoms. The fourth-order valence-corrected chi connectivity index (χ4v) is 2.10. The standard InChI is InChI=1S/C11H16N2O2/c1-11(2,3)13-9(10(14)15)7-5-4-6-8(7)12-13/h4-6H2,1-3H3,(H,14,15). The molecule has 1 aliphatic carbocycles. The molecule has 0 amide bonds.